The number of hydrogen-bond acceptors (Lipinski definition) is 4. The van der Waals surface area contributed by atoms with Crippen molar-refractivity contribution < 1.29 is 9.32 Å². The molecule has 3 aromatic carbocycles. The summed E-state index contributed by atoms with van der Waals surface area (Å²) in [7, 11) is 0. The largest absolute Gasteiger partial charge is 0.334 e. The van der Waals surface area contributed by atoms with Crippen LogP contribution in [-0.2, 0) is 6.54 Å². The number of carbonyl (C=O) groups is 1. The van der Waals surface area contributed by atoms with Crippen LogP contribution in [0.2, 0.25) is 0 Å². The van der Waals surface area contributed by atoms with Crippen LogP contribution in [0, 0.1) is 6.92 Å². The van der Waals surface area contributed by atoms with Crippen LogP contribution in [0.5, 0.6) is 0 Å². The maximum absolute atomic E-state index is 13.3. The molecule has 0 aliphatic carbocycles. The Labute approximate surface area is 163 Å². The molecule has 28 heavy (non-hydrogen) atoms. The molecule has 0 radical (unpaired) electrons. The Morgan fingerprint density at radius 2 is 1.54 bits per heavy atom. The quantitative estimate of drug-likeness (QED) is 0.502. The van der Waals surface area contributed by atoms with Crippen molar-refractivity contribution >= 4 is 11.6 Å². The summed E-state index contributed by atoms with van der Waals surface area (Å²) in [5.41, 5.74) is 3.30. The van der Waals surface area contributed by atoms with Crippen molar-refractivity contribution in [3.05, 3.63) is 102 Å². The summed E-state index contributed by atoms with van der Waals surface area (Å²) >= 11 is 0. The molecule has 0 unspecified atom stereocenters. The van der Waals surface area contributed by atoms with Gasteiger partial charge in [-0.15, -0.1) is 0 Å². The monoisotopic (exact) mass is 369 g/mol. The van der Waals surface area contributed by atoms with Gasteiger partial charge in [-0.25, -0.2) is 0 Å². The van der Waals surface area contributed by atoms with Gasteiger partial charge >= 0.3 is 0 Å². The van der Waals surface area contributed by atoms with Gasteiger partial charge in [0.2, 0.25) is 0 Å². The van der Waals surface area contributed by atoms with Crippen molar-refractivity contribution in [3.63, 3.8) is 0 Å². The lowest BCUT2D eigenvalue weighted by molar-refractivity contribution is 0.0985. The topological polar surface area (TPSA) is 59.2 Å². The minimum absolute atomic E-state index is 0.0664. The Hall–Kier alpha value is -3.73. The lowest BCUT2D eigenvalue weighted by Gasteiger charge is -2.23. The number of para-hydroxylation sites is 1. The molecule has 1 amide bonds. The third-order valence-corrected chi connectivity index (χ3v) is 4.40. The summed E-state index contributed by atoms with van der Waals surface area (Å²) in [6.45, 7) is 2.26. The van der Waals surface area contributed by atoms with E-state index in [0.717, 1.165) is 16.8 Å². The predicted molar refractivity (Wildman–Crippen MR) is 108 cm³/mol. The minimum atomic E-state index is -0.0664. The van der Waals surface area contributed by atoms with E-state index in [1.807, 2.05) is 72.8 Å². The molecule has 1 aromatic heterocycles. The Balaban J connectivity index is 1.63. The van der Waals surface area contributed by atoms with Gasteiger partial charge in [-0.3, -0.25) is 4.79 Å². The van der Waals surface area contributed by atoms with E-state index in [9.17, 15) is 4.79 Å². The standard InChI is InChI=1S/C23H19N3O2/c1-17-24-22(28-25-17)19-12-14-20(15-13-19)23(27)26(21-10-6-3-7-11-21)16-18-8-4-2-5-9-18/h2-15H,16H2,1H3. The maximum Gasteiger partial charge on any atom is 0.258 e. The van der Waals surface area contributed by atoms with Gasteiger partial charge in [-0.1, -0.05) is 53.7 Å². The number of aromatic nitrogens is 2. The summed E-state index contributed by atoms with van der Waals surface area (Å²) in [6, 6.07) is 26.9. The predicted octanol–water partition coefficient (Wildman–Crippen LogP) is 4.89. The molecule has 4 aromatic rings. The van der Waals surface area contributed by atoms with Crippen LogP contribution in [0.4, 0.5) is 5.69 Å². The SMILES string of the molecule is Cc1noc(-c2ccc(C(=O)N(Cc3ccccc3)c3ccccc3)cc2)n1. The van der Waals surface area contributed by atoms with E-state index in [1.54, 1.807) is 24.0 Å². The number of aryl methyl sites for hydroxylation is 1. The zero-order valence-electron chi connectivity index (χ0n) is 15.4. The zero-order chi connectivity index (χ0) is 19.3. The molecule has 138 valence electrons. The number of amides is 1. The van der Waals surface area contributed by atoms with E-state index in [1.165, 1.54) is 0 Å². The highest BCUT2D eigenvalue weighted by Gasteiger charge is 2.18. The minimum Gasteiger partial charge on any atom is -0.334 e. The van der Waals surface area contributed by atoms with Crippen molar-refractivity contribution in [2.45, 2.75) is 13.5 Å². The van der Waals surface area contributed by atoms with Crippen LogP contribution in [-0.4, -0.2) is 16.0 Å². The van der Waals surface area contributed by atoms with E-state index in [4.69, 9.17) is 4.52 Å². The second-order valence-corrected chi connectivity index (χ2v) is 6.44. The van der Waals surface area contributed by atoms with Crippen molar-refractivity contribution in [1.29, 1.82) is 0 Å². The Morgan fingerprint density at radius 1 is 0.893 bits per heavy atom. The van der Waals surface area contributed by atoms with Crippen molar-refractivity contribution in [1.82, 2.24) is 10.1 Å². The molecule has 0 atom stereocenters. The summed E-state index contributed by atoms with van der Waals surface area (Å²) in [6.07, 6.45) is 0. The first-order chi connectivity index (χ1) is 13.7. The number of hydrogen-bond donors (Lipinski definition) is 0. The van der Waals surface area contributed by atoms with Crippen LogP contribution < -0.4 is 4.90 Å². The highest BCUT2D eigenvalue weighted by molar-refractivity contribution is 6.06. The third-order valence-electron chi connectivity index (χ3n) is 4.40. The van der Waals surface area contributed by atoms with E-state index < -0.39 is 0 Å². The van der Waals surface area contributed by atoms with E-state index in [-0.39, 0.29) is 5.91 Å². The van der Waals surface area contributed by atoms with E-state index >= 15 is 0 Å². The van der Waals surface area contributed by atoms with Gasteiger partial charge in [0, 0.05) is 16.8 Å². The summed E-state index contributed by atoms with van der Waals surface area (Å²) in [5.74, 6) is 0.956. The molecule has 0 bridgehead atoms. The molecule has 5 heteroatoms. The van der Waals surface area contributed by atoms with Gasteiger partial charge in [0.15, 0.2) is 5.82 Å². The summed E-state index contributed by atoms with van der Waals surface area (Å²) < 4.78 is 5.19. The van der Waals surface area contributed by atoms with Gasteiger partial charge < -0.3 is 9.42 Å². The molecule has 5 nitrogen and oxygen atoms in total. The second-order valence-electron chi connectivity index (χ2n) is 6.44. The molecule has 4 rings (SSSR count). The summed E-state index contributed by atoms with van der Waals surface area (Å²) in [5, 5.41) is 3.80. The van der Waals surface area contributed by atoms with Crippen LogP contribution >= 0.6 is 0 Å². The zero-order valence-corrected chi connectivity index (χ0v) is 15.4. The second kappa shape index (κ2) is 7.88. The Kier molecular flexibility index (Phi) is 4.97. The van der Waals surface area contributed by atoms with Crippen molar-refractivity contribution in [2.75, 3.05) is 4.90 Å². The smallest absolute Gasteiger partial charge is 0.258 e. The van der Waals surface area contributed by atoms with Crippen LogP contribution in [0.1, 0.15) is 21.7 Å². The molecule has 0 fully saturated rings. The molecular weight excluding hydrogens is 350 g/mol. The first-order valence-electron chi connectivity index (χ1n) is 9.02. The Bertz CT molecular complexity index is 1060. The van der Waals surface area contributed by atoms with E-state index in [2.05, 4.69) is 10.1 Å². The number of carbonyl (C=O) groups excluding carboxylic acids is 1. The normalized spacial score (nSPS) is 10.6. The molecule has 0 saturated heterocycles. The van der Waals surface area contributed by atoms with Crippen molar-refractivity contribution in [3.8, 4) is 11.5 Å². The fraction of sp³-hybridized carbons (Fsp3) is 0.0870. The molecule has 0 N–H and O–H groups in total. The van der Waals surface area contributed by atoms with E-state index in [0.29, 0.717) is 23.8 Å². The van der Waals surface area contributed by atoms with Crippen LogP contribution in [0.15, 0.2) is 89.5 Å². The lowest BCUT2D eigenvalue weighted by atomic mass is 10.1. The number of anilines is 1. The van der Waals surface area contributed by atoms with Crippen LogP contribution in [0.25, 0.3) is 11.5 Å². The number of nitrogens with zero attached hydrogens (tertiary/aromatic N) is 3. The first-order valence-corrected chi connectivity index (χ1v) is 9.02. The third kappa shape index (κ3) is 3.83. The number of rotatable bonds is 5. The molecule has 0 aliphatic rings. The van der Waals surface area contributed by atoms with Crippen LogP contribution in [0.3, 0.4) is 0 Å². The lowest BCUT2D eigenvalue weighted by Crippen LogP contribution is -2.30. The van der Waals surface area contributed by atoms with Crippen molar-refractivity contribution in [2.24, 2.45) is 0 Å². The average molecular weight is 369 g/mol. The van der Waals surface area contributed by atoms with Gasteiger partial charge in [0.1, 0.15) is 0 Å². The highest BCUT2D eigenvalue weighted by Crippen LogP contribution is 2.22. The average Bonchev–Trinajstić information content (AvgIpc) is 3.19. The first kappa shape index (κ1) is 17.7. The molecule has 1 heterocycles. The molecule has 0 spiro atoms. The van der Waals surface area contributed by atoms with Gasteiger partial charge in [0.25, 0.3) is 11.8 Å². The molecular formula is C23H19N3O2. The van der Waals surface area contributed by atoms with Gasteiger partial charge in [-0.05, 0) is 48.9 Å². The molecule has 0 aliphatic heterocycles. The van der Waals surface area contributed by atoms with Gasteiger partial charge in [-0.2, -0.15) is 4.98 Å². The fourth-order valence-electron chi connectivity index (χ4n) is 2.98. The Morgan fingerprint density at radius 3 is 2.14 bits per heavy atom. The number of benzene rings is 3. The molecule has 0 saturated carbocycles. The maximum atomic E-state index is 13.3. The summed E-state index contributed by atoms with van der Waals surface area (Å²) in [4.78, 5) is 19.3. The van der Waals surface area contributed by atoms with Gasteiger partial charge in [0.05, 0.1) is 6.54 Å². The highest BCUT2D eigenvalue weighted by atomic mass is 16.5. The fourth-order valence-corrected chi connectivity index (χ4v) is 2.98.